The van der Waals surface area contributed by atoms with Crippen LogP contribution in [0.25, 0.3) is 0 Å². The van der Waals surface area contributed by atoms with Gasteiger partial charge in [0.25, 0.3) is 5.91 Å². The van der Waals surface area contributed by atoms with Gasteiger partial charge in [0, 0.05) is 27.2 Å². The molecule has 0 aliphatic carbocycles. The van der Waals surface area contributed by atoms with Crippen LogP contribution >= 0.6 is 34.2 Å². The van der Waals surface area contributed by atoms with E-state index in [0.717, 1.165) is 38.2 Å². The van der Waals surface area contributed by atoms with Gasteiger partial charge in [0.1, 0.15) is 0 Å². The third-order valence-electron chi connectivity index (χ3n) is 3.53. The summed E-state index contributed by atoms with van der Waals surface area (Å²) >= 11 is 8.13. The van der Waals surface area contributed by atoms with E-state index in [0.29, 0.717) is 6.54 Å². The highest BCUT2D eigenvalue weighted by molar-refractivity contribution is 14.1. The highest BCUT2D eigenvalue weighted by Gasteiger charge is 2.24. The number of carbonyl (C=O) groups excluding carboxylic acids is 1. The van der Waals surface area contributed by atoms with Crippen LogP contribution in [0.3, 0.4) is 0 Å². The van der Waals surface area contributed by atoms with Crippen molar-refractivity contribution in [1.82, 2.24) is 4.90 Å². The lowest BCUT2D eigenvalue weighted by Gasteiger charge is -2.28. The molecule has 2 aromatic carbocycles. The van der Waals surface area contributed by atoms with E-state index in [2.05, 4.69) is 34.7 Å². The Hall–Kier alpha value is -1.07. The normalized spacial score (nSPS) is 14.3. The van der Waals surface area contributed by atoms with Crippen LogP contribution in [-0.2, 0) is 13.0 Å². The first-order valence-corrected chi connectivity index (χ1v) is 7.91. The zero-order valence-corrected chi connectivity index (χ0v) is 13.7. The second-order valence-electron chi connectivity index (χ2n) is 4.90. The van der Waals surface area contributed by atoms with Crippen molar-refractivity contribution < 1.29 is 4.79 Å². The van der Waals surface area contributed by atoms with Gasteiger partial charge < -0.3 is 4.90 Å². The van der Waals surface area contributed by atoms with E-state index in [1.165, 1.54) is 0 Å². The molecule has 0 saturated heterocycles. The minimum Gasteiger partial charge on any atom is -0.334 e. The number of hydrogen-bond acceptors (Lipinski definition) is 1. The van der Waals surface area contributed by atoms with Gasteiger partial charge in [-0.1, -0.05) is 29.8 Å². The molecule has 0 fully saturated rings. The highest BCUT2D eigenvalue weighted by Crippen LogP contribution is 2.23. The smallest absolute Gasteiger partial charge is 0.254 e. The van der Waals surface area contributed by atoms with Crippen molar-refractivity contribution in [3.05, 3.63) is 67.7 Å². The lowest BCUT2D eigenvalue weighted by molar-refractivity contribution is 0.0727. The monoisotopic (exact) mass is 397 g/mol. The van der Waals surface area contributed by atoms with Crippen LogP contribution in [-0.4, -0.2) is 17.4 Å². The fourth-order valence-corrected chi connectivity index (χ4v) is 3.07. The number of benzene rings is 2. The summed E-state index contributed by atoms with van der Waals surface area (Å²) < 4.78 is 1.10. The molecule has 0 spiro atoms. The Labute approximate surface area is 136 Å². The van der Waals surface area contributed by atoms with Crippen LogP contribution in [0.15, 0.2) is 42.5 Å². The number of nitrogens with zero attached hydrogens (tertiary/aromatic N) is 1. The van der Waals surface area contributed by atoms with Crippen LogP contribution in [0.4, 0.5) is 0 Å². The Bertz CT molecular complexity index is 654. The SMILES string of the molecule is O=C1c2cc(I)ccc2CCN1Cc1ccc(Cl)cc1. The number of carbonyl (C=O) groups is 1. The quantitative estimate of drug-likeness (QED) is 0.698. The molecule has 1 heterocycles. The fraction of sp³-hybridized carbons (Fsp3) is 0.188. The average molecular weight is 398 g/mol. The second-order valence-corrected chi connectivity index (χ2v) is 6.59. The third-order valence-corrected chi connectivity index (χ3v) is 4.45. The van der Waals surface area contributed by atoms with Gasteiger partial charge in [0.15, 0.2) is 0 Å². The predicted molar refractivity (Wildman–Crippen MR) is 89.1 cm³/mol. The van der Waals surface area contributed by atoms with Crippen molar-refractivity contribution in [1.29, 1.82) is 0 Å². The van der Waals surface area contributed by atoms with E-state index < -0.39 is 0 Å². The molecule has 0 bridgehead atoms. The molecule has 1 aliphatic heterocycles. The molecule has 0 aromatic heterocycles. The lowest BCUT2D eigenvalue weighted by Crippen LogP contribution is -2.37. The number of rotatable bonds is 2. The zero-order chi connectivity index (χ0) is 14.1. The van der Waals surface area contributed by atoms with Gasteiger partial charge in [0.05, 0.1) is 0 Å². The van der Waals surface area contributed by atoms with Gasteiger partial charge in [-0.05, 0) is 64.4 Å². The molecule has 0 N–H and O–H groups in total. The van der Waals surface area contributed by atoms with Gasteiger partial charge in [-0.2, -0.15) is 0 Å². The molecule has 1 aliphatic rings. The molecule has 0 radical (unpaired) electrons. The molecular weight excluding hydrogens is 385 g/mol. The summed E-state index contributed by atoms with van der Waals surface area (Å²) in [7, 11) is 0. The van der Waals surface area contributed by atoms with Crippen LogP contribution < -0.4 is 0 Å². The van der Waals surface area contributed by atoms with Crippen molar-refractivity contribution in [2.45, 2.75) is 13.0 Å². The van der Waals surface area contributed by atoms with Crippen molar-refractivity contribution in [3.63, 3.8) is 0 Å². The van der Waals surface area contributed by atoms with Gasteiger partial charge in [-0.15, -0.1) is 0 Å². The summed E-state index contributed by atoms with van der Waals surface area (Å²) in [5, 5.41) is 0.721. The third kappa shape index (κ3) is 2.83. The van der Waals surface area contributed by atoms with Crippen molar-refractivity contribution >= 4 is 40.1 Å². The van der Waals surface area contributed by atoms with E-state index in [4.69, 9.17) is 11.6 Å². The molecule has 0 atom stereocenters. The molecule has 20 heavy (non-hydrogen) atoms. The Morgan fingerprint density at radius 3 is 2.65 bits per heavy atom. The van der Waals surface area contributed by atoms with Crippen LogP contribution in [0.2, 0.25) is 5.02 Å². The second kappa shape index (κ2) is 5.74. The van der Waals surface area contributed by atoms with E-state index in [1.54, 1.807) is 0 Å². The summed E-state index contributed by atoms with van der Waals surface area (Å²) in [6.45, 7) is 1.41. The summed E-state index contributed by atoms with van der Waals surface area (Å²) in [5.74, 6) is 0.125. The van der Waals surface area contributed by atoms with Gasteiger partial charge in [0.2, 0.25) is 0 Å². The fourth-order valence-electron chi connectivity index (χ4n) is 2.45. The van der Waals surface area contributed by atoms with Gasteiger partial charge in [-0.25, -0.2) is 0 Å². The molecule has 2 aromatic rings. The number of amides is 1. The predicted octanol–water partition coefficient (Wildman–Crippen LogP) is 4.14. The zero-order valence-electron chi connectivity index (χ0n) is 10.8. The van der Waals surface area contributed by atoms with Gasteiger partial charge in [-0.3, -0.25) is 4.79 Å². The standard InChI is InChI=1S/C16H13ClINO/c17-13-4-1-11(2-5-13)10-19-8-7-12-3-6-14(18)9-15(12)16(19)20/h1-6,9H,7-8,10H2. The maximum atomic E-state index is 12.5. The number of hydrogen-bond donors (Lipinski definition) is 0. The molecule has 102 valence electrons. The maximum Gasteiger partial charge on any atom is 0.254 e. The molecule has 0 saturated carbocycles. The molecule has 2 nitrogen and oxygen atoms in total. The molecule has 0 unspecified atom stereocenters. The lowest BCUT2D eigenvalue weighted by atomic mass is 9.99. The molecule has 3 rings (SSSR count). The van der Waals surface area contributed by atoms with Crippen molar-refractivity contribution in [2.24, 2.45) is 0 Å². The molecule has 4 heteroatoms. The van der Waals surface area contributed by atoms with Crippen LogP contribution in [0, 0.1) is 3.57 Å². The first-order valence-electron chi connectivity index (χ1n) is 6.45. The summed E-state index contributed by atoms with van der Waals surface area (Å²) in [4.78, 5) is 14.4. The summed E-state index contributed by atoms with van der Waals surface area (Å²) in [6, 6.07) is 13.8. The topological polar surface area (TPSA) is 20.3 Å². The van der Waals surface area contributed by atoms with E-state index >= 15 is 0 Å². The first kappa shape index (κ1) is 13.9. The molecule has 1 amide bonds. The average Bonchev–Trinajstić information content (AvgIpc) is 2.45. The summed E-state index contributed by atoms with van der Waals surface area (Å²) in [6.07, 6.45) is 0.922. The number of halogens is 2. The van der Waals surface area contributed by atoms with Crippen molar-refractivity contribution in [3.8, 4) is 0 Å². The Balaban J connectivity index is 1.83. The van der Waals surface area contributed by atoms with E-state index in [-0.39, 0.29) is 5.91 Å². The number of fused-ring (bicyclic) bond motifs is 1. The maximum absolute atomic E-state index is 12.5. The minimum atomic E-state index is 0.125. The Kier molecular flexibility index (Phi) is 3.98. The van der Waals surface area contributed by atoms with Crippen LogP contribution in [0.1, 0.15) is 21.5 Å². The van der Waals surface area contributed by atoms with Gasteiger partial charge >= 0.3 is 0 Å². The Morgan fingerprint density at radius 1 is 1.15 bits per heavy atom. The van der Waals surface area contributed by atoms with E-state index in [1.807, 2.05) is 35.2 Å². The minimum absolute atomic E-state index is 0.125. The van der Waals surface area contributed by atoms with E-state index in [9.17, 15) is 4.79 Å². The largest absolute Gasteiger partial charge is 0.334 e. The molecular formula is C16H13ClINO. The van der Waals surface area contributed by atoms with Crippen molar-refractivity contribution in [2.75, 3.05) is 6.54 Å². The van der Waals surface area contributed by atoms with Crippen LogP contribution in [0.5, 0.6) is 0 Å². The summed E-state index contributed by atoms with van der Waals surface area (Å²) in [5.41, 5.74) is 3.11. The Morgan fingerprint density at radius 2 is 1.90 bits per heavy atom. The first-order chi connectivity index (χ1) is 9.63. The highest BCUT2D eigenvalue weighted by atomic mass is 127.